The average Bonchev–Trinajstić information content (AvgIpc) is 2.82. The third-order valence-corrected chi connectivity index (χ3v) is 5.60. The second kappa shape index (κ2) is 18.8. The molecule has 1 rings (SSSR count). The number of nitrogens with zero attached hydrogens (tertiary/aromatic N) is 6. The first-order valence-electron chi connectivity index (χ1n) is 11.6. The van der Waals surface area contributed by atoms with E-state index in [4.69, 9.17) is 16.0 Å². The van der Waals surface area contributed by atoms with E-state index in [1.807, 2.05) is 14.7 Å². The molecule has 0 aliphatic carbocycles. The third-order valence-electron chi connectivity index (χ3n) is 5.60. The fourth-order valence-corrected chi connectivity index (χ4v) is 3.76. The van der Waals surface area contributed by atoms with E-state index in [0.717, 1.165) is 0 Å². The van der Waals surface area contributed by atoms with Crippen molar-refractivity contribution < 1.29 is 24.6 Å². The lowest BCUT2D eigenvalue weighted by atomic mass is 10.2. The van der Waals surface area contributed by atoms with E-state index in [1.165, 1.54) is 0 Å². The van der Waals surface area contributed by atoms with Crippen LogP contribution < -0.4 is 0 Å². The number of carboxylic acid groups (broad SMARTS) is 1. The van der Waals surface area contributed by atoms with Crippen molar-refractivity contribution in [1.82, 2.24) is 19.6 Å². The van der Waals surface area contributed by atoms with E-state index in [2.05, 4.69) is 27.9 Å². The molecule has 0 spiro atoms. The molecule has 0 aromatic heterocycles. The highest BCUT2D eigenvalue weighted by Crippen LogP contribution is 2.06. The van der Waals surface area contributed by atoms with Crippen LogP contribution >= 0.6 is 0 Å². The Morgan fingerprint density at radius 3 is 2.11 bits per heavy atom. The van der Waals surface area contributed by atoms with Gasteiger partial charge in [-0.25, -0.2) is 0 Å². The quantitative estimate of drug-likeness (QED) is 0.101. The van der Waals surface area contributed by atoms with Gasteiger partial charge in [-0.2, -0.15) is 4.91 Å². The number of hydrogen-bond donors (Lipinski definition) is 2. The molecule has 1 aliphatic rings. The van der Waals surface area contributed by atoms with Crippen molar-refractivity contribution in [2.75, 3.05) is 91.9 Å². The van der Waals surface area contributed by atoms with Crippen molar-refractivity contribution in [3.05, 3.63) is 22.5 Å². The predicted molar refractivity (Wildman–Crippen MR) is 130 cm³/mol. The van der Waals surface area contributed by atoms with Crippen LogP contribution in [0.2, 0.25) is 0 Å². The first kappa shape index (κ1) is 30.6. The number of carbonyl (C=O) groups is 1. The van der Waals surface area contributed by atoms with Gasteiger partial charge >= 0.3 is 5.97 Å². The zero-order valence-corrected chi connectivity index (χ0v) is 20.2. The van der Waals surface area contributed by atoms with Crippen molar-refractivity contribution in [2.24, 2.45) is 10.5 Å². The van der Waals surface area contributed by atoms with Gasteiger partial charge in [0.05, 0.1) is 19.3 Å². The molecule has 2 unspecified atom stereocenters. The second-order valence-corrected chi connectivity index (χ2v) is 8.38. The maximum atomic E-state index is 11.4. The lowest BCUT2D eigenvalue weighted by Gasteiger charge is -2.34. The van der Waals surface area contributed by atoms with Crippen molar-refractivity contribution in [2.45, 2.75) is 18.6 Å². The molecule has 198 valence electrons. The SMILES string of the molecule is C#CCOCC(CN1CCN(CON=O)CCN(CC(O)CC=C)CCN(CC(=O)O)CC1)N=O. The number of β-amino-alcohol motifs (C(OH)–C–C–N with tert-alkyl or cyclic N) is 1. The van der Waals surface area contributed by atoms with E-state index >= 15 is 0 Å². The minimum atomic E-state index is -0.929. The molecule has 1 fully saturated rings. The zero-order chi connectivity index (χ0) is 25.9. The molecule has 0 aromatic carbocycles. The van der Waals surface area contributed by atoms with Crippen LogP contribution in [0.3, 0.4) is 0 Å². The van der Waals surface area contributed by atoms with Gasteiger partial charge in [-0.3, -0.25) is 24.4 Å². The van der Waals surface area contributed by atoms with Gasteiger partial charge in [-0.1, -0.05) is 17.2 Å². The minimum absolute atomic E-state index is 0.00612. The van der Waals surface area contributed by atoms with Crippen molar-refractivity contribution >= 4 is 5.97 Å². The van der Waals surface area contributed by atoms with Gasteiger partial charge in [0, 0.05) is 65.4 Å². The number of carboxylic acids is 1. The van der Waals surface area contributed by atoms with E-state index in [1.54, 1.807) is 6.08 Å². The highest BCUT2D eigenvalue weighted by atomic mass is 16.7. The molecule has 0 bridgehead atoms. The van der Waals surface area contributed by atoms with Gasteiger partial charge < -0.3 is 19.8 Å². The number of terminal acetylenes is 1. The van der Waals surface area contributed by atoms with Gasteiger partial charge in [-0.05, 0) is 6.42 Å². The summed E-state index contributed by atoms with van der Waals surface area (Å²) in [5.41, 5.74) is 0. The number of aliphatic carboxylic acids is 1. The first-order chi connectivity index (χ1) is 16.9. The third kappa shape index (κ3) is 14.5. The highest BCUT2D eigenvalue weighted by molar-refractivity contribution is 5.69. The summed E-state index contributed by atoms with van der Waals surface area (Å²) in [6, 6.07) is -0.632. The summed E-state index contributed by atoms with van der Waals surface area (Å²) in [5, 5.41) is 25.2. The minimum Gasteiger partial charge on any atom is -0.480 e. The van der Waals surface area contributed by atoms with Crippen LogP contribution in [-0.2, 0) is 14.4 Å². The summed E-state index contributed by atoms with van der Waals surface area (Å²) in [6.07, 6.45) is 6.70. The maximum absolute atomic E-state index is 11.4. The summed E-state index contributed by atoms with van der Waals surface area (Å²) in [6.45, 7) is 8.53. The Balaban J connectivity index is 2.95. The van der Waals surface area contributed by atoms with Crippen molar-refractivity contribution in [3.63, 3.8) is 0 Å². The van der Waals surface area contributed by atoms with Crippen LogP contribution in [0.25, 0.3) is 0 Å². The summed E-state index contributed by atoms with van der Waals surface area (Å²) in [5.74, 6) is 1.42. The molecule has 13 nitrogen and oxygen atoms in total. The molecule has 1 heterocycles. The Bertz CT molecular complexity index is 677. The molecule has 1 saturated heterocycles. The summed E-state index contributed by atoms with van der Waals surface area (Å²) in [4.78, 5) is 45.8. The van der Waals surface area contributed by atoms with E-state index < -0.39 is 18.1 Å². The zero-order valence-electron chi connectivity index (χ0n) is 20.2. The second-order valence-electron chi connectivity index (χ2n) is 8.38. The molecule has 0 amide bonds. The Morgan fingerprint density at radius 1 is 1.03 bits per heavy atom. The van der Waals surface area contributed by atoms with Crippen molar-refractivity contribution in [1.29, 1.82) is 0 Å². The predicted octanol–water partition coefficient (Wildman–Crippen LogP) is -0.330. The van der Waals surface area contributed by atoms with Crippen molar-refractivity contribution in [3.8, 4) is 12.3 Å². The molecule has 0 radical (unpaired) electrons. The topological polar surface area (TPSA) is 148 Å². The smallest absolute Gasteiger partial charge is 0.317 e. The fraction of sp³-hybridized carbons (Fsp3) is 0.773. The van der Waals surface area contributed by atoms with Crippen LogP contribution in [-0.4, -0.2) is 140 Å². The fourth-order valence-electron chi connectivity index (χ4n) is 3.76. The number of ether oxygens (including phenoxy) is 1. The molecule has 2 atom stereocenters. The van der Waals surface area contributed by atoms with Gasteiger partial charge in [0.1, 0.15) is 12.6 Å². The van der Waals surface area contributed by atoms with Crippen LogP contribution in [0.1, 0.15) is 6.42 Å². The number of aliphatic hydroxyl groups is 1. The molecular formula is C22H38N6O7. The molecule has 35 heavy (non-hydrogen) atoms. The first-order valence-corrected chi connectivity index (χ1v) is 11.6. The van der Waals surface area contributed by atoms with E-state index in [0.29, 0.717) is 71.9 Å². The van der Waals surface area contributed by atoms with Gasteiger partial charge in [-0.15, -0.1) is 17.9 Å². The molecule has 13 heteroatoms. The standard InChI is InChI=1S/C22H38N6O7/c1-3-5-21(29)16-26-7-9-27(17-22(30)31)8-6-25(15-20(23-32)18-34-14-4-2)10-12-28(13-11-26)19-35-24-33/h2-3,20-21,29H,1,5-19H2,(H,30,31). The molecule has 1 aliphatic heterocycles. The highest BCUT2D eigenvalue weighted by Gasteiger charge is 2.21. The summed E-state index contributed by atoms with van der Waals surface area (Å²) >= 11 is 0. The Morgan fingerprint density at radius 2 is 1.60 bits per heavy atom. The monoisotopic (exact) mass is 498 g/mol. The number of aliphatic hydroxyl groups excluding tert-OH is 1. The Hall–Kier alpha value is -2.47. The van der Waals surface area contributed by atoms with Crippen LogP contribution in [0, 0.1) is 22.2 Å². The molecule has 0 aromatic rings. The summed E-state index contributed by atoms with van der Waals surface area (Å²) < 4.78 is 5.27. The van der Waals surface area contributed by atoms with E-state index in [-0.39, 0.29) is 26.5 Å². The number of nitroso groups, excluding NO2 is 1. The van der Waals surface area contributed by atoms with E-state index in [9.17, 15) is 24.8 Å². The normalized spacial score (nSPS) is 19.4. The maximum Gasteiger partial charge on any atom is 0.317 e. The molecule has 0 saturated carbocycles. The Labute approximate surface area is 206 Å². The number of hydrogen-bond acceptors (Lipinski definition) is 12. The Kier molecular flexibility index (Phi) is 16.4. The average molecular weight is 499 g/mol. The molecule has 2 N–H and O–H groups in total. The van der Waals surface area contributed by atoms with Crippen LogP contribution in [0.4, 0.5) is 0 Å². The van der Waals surface area contributed by atoms with Gasteiger partial charge in [0.15, 0.2) is 12.1 Å². The lowest BCUT2D eigenvalue weighted by molar-refractivity contribution is -0.138. The summed E-state index contributed by atoms with van der Waals surface area (Å²) in [7, 11) is 0. The molecular weight excluding hydrogens is 460 g/mol. The van der Waals surface area contributed by atoms with Crippen LogP contribution in [0.5, 0.6) is 0 Å². The lowest BCUT2D eigenvalue weighted by Crippen LogP contribution is -2.49. The number of rotatable bonds is 15. The largest absolute Gasteiger partial charge is 0.480 e. The van der Waals surface area contributed by atoms with Gasteiger partial charge in [0.2, 0.25) is 0 Å². The van der Waals surface area contributed by atoms with Gasteiger partial charge in [0.25, 0.3) is 0 Å². The van der Waals surface area contributed by atoms with Crippen LogP contribution in [0.15, 0.2) is 23.2 Å².